The fourth-order valence-electron chi connectivity index (χ4n) is 3.47. The van der Waals surface area contributed by atoms with Gasteiger partial charge in [-0.2, -0.15) is 0 Å². The van der Waals surface area contributed by atoms with E-state index in [1.165, 1.54) is 4.70 Å². The van der Waals surface area contributed by atoms with Crippen molar-refractivity contribution in [3.63, 3.8) is 0 Å². The molecule has 27 heavy (non-hydrogen) atoms. The Labute approximate surface area is 171 Å². The van der Waals surface area contributed by atoms with E-state index in [1.54, 1.807) is 11.3 Å². The second kappa shape index (κ2) is 7.98. The zero-order chi connectivity index (χ0) is 18.8. The Morgan fingerprint density at radius 2 is 2.04 bits per heavy atom. The van der Waals surface area contributed by atoms with Gasteiger partial charge in [0.15, 0.2) is 6.10 Å². The SMILES string of the molecule is CC(Oc1ccc(Br)cc1)C(=O)N1CCCC(c2nc3ccccc3s2)C1. The Bertz CT molecular complexity index is 908. The number of aromatic nitrogens is 1. The van der Waals surface area contributed by atoms with Crippen LogP contribution in [0.3, 0.4) is 0 Å². The number of carbonyl (C=O) groups is 1. The molecule has 2 unspecified atom stereocenters. The molecule has 1 fully saturated rings. The van der Waals surface area contributed by atoms with Crippen molar-refractivity contribution in [1.29, 1.82) is 0 Å². The van der Waals surface area contributed by atoms with Gasteiger partial charge < -0.3 is 9.64 Å². The molecule has 1 amide bonds. The van der Waals surface area contributed by atoms with E-state index in [-0.39, 0.29) is 5.91 Å². The van der Waals surface area contributed by atoms with Gasteiger partial charge in [0.2, 0.25) is 0 Å². The third-order valence-electron chi connectivity index (χ3n) is 4.87. The molecule has 2 heterocycles. The Balaban J connectivity index is 1.43. The lowest BCUT2D eigenvalue weighted by atomic mass is 9.98. The van der Waals surface area contributed by atoms with E-state index >= 15 is 0 Å². The number of nitrogens with zero attached hydrogens (tertiary/aromatic N) is 2. The highest BCUT2D eigenvalue weighted by Crippen LogP contribution is 2.33. The predicted octanol–water partition coefficient (Wildman–Crippen LogP) is 5.23. The molecule has 2 atom stereocenters. The standard InChI is InChI=1S/C21H21BrN2O2S/c1-14(26-17-10-8-16(22)9-11-17)21(25)24-12-4-5-15(13-24)20-23-18-6-2-3-7-19(18)27-20/h2-3,6-11,14-15H,4-5,12-13H2,1H3. The van der Waals surface area contributed by atoms with Gasteiger partial charge in [0.25, 0.3) is 5.91 Å². The predicted molar refractivity (Wildman–Crippen MR) is 112 cm³/mol. The van der Waals surface area contributed by atoms with Crippen LogP contribution in [0.4, 0.5) is 0 Å². The summed E-state index contributed by atoms with van der Waals surface area (Å²) in [5, 5.41) is 1.13. The summed E-state index contributed by atoms with van der Waals surface area (Å²) in [6.45, 7) is 3.33. The van der Waals surface area contributed by atoms with Gasteiger partial charge in [0, 0.05) is 23.5 Å². The molecular formula is C21H21BrN2O2S. The number of fused-ring (bicyclic) bond motifs is 1. The van der Waals surface area contributed by atoms with Crippen molar-refractivity contribution in [1.82, 2.24) is 9.88 Å². The number of thiazole rings is 1. The molecule has 0 radical (unpaired) electrons. The maximum Gasteiger partial charge on any atom is 0.263 e. The topological polar surface area (TPSA) is 42.4 Å². The van der Waals surface area contributed by atoms with E-state index in [4.69, 9.17) is 9.72 Å². The summed E-state index contributed by atoms with van der Waals surface area (Å²) in [4.78, 5) is 19.6. The first-order chi connectivity index (χ1) is 13.1. The number of hydrogen-bond donors (Lipinski definition) is 0. The molecule has 4 rings (SSSR count). The minimum absolute atomic E-state index is 0.0451. The molecule has 1 aliphatic heterocycles. The zero-order valence-corrected chi connectivity index (χ0v) is 17.5. The van der Waals surface area contributed by atoms with Crippen LogP contribution in [0, 0.1) is 0 Å². The lowest BCUT2D eigenvalue weighted by molar-refractivity contribution is -0.139. The van der Waals surface area contributed by atoms with Crippen molar-refractivity contribution in [3.05, 3.63) is 58.0 Å². The van der Waals surface area contributed by atoms with Gasteiger partial charge >= 0.3 is 0 Å². The summed E-state index contributed by atoms with van der Waals surface area (Å²) in [7, 11) is 0. The monoisotopic (exact) mass is 444 g/mol. The Kier molecular flexibility index (Phi) is 5.45. The molecule has 0 spiro atoms. The van der Waals surface area contributed by atoms with Crippen LogP contribution < -0.4 is 4.74 Å². The van der Waals surface area contributed by atoms with Crippen LogP contribution in [0.15, 0.2) is 53.0 Å². The summed E-state index contributed by atoms with van der Waals surface area (Å²) in [6, 6.07) is 15.8. The number of amides is 1. The van der Waals surface area contributed by atoms with E-state index < -0.39 is 6.10 Å². The molecule has 1 aromatic heterocycles. The molecule has 140 valence electrons. The molecule has 1 aliphatic rings. The smallest absolute Gasteiger partial charge is 0.263 e. The molecular weight excluding hydrogens is 424 g/mol. The lowest BCUT2D eigenvalue weighted by Gasteiger charge is -2.33. The molecule has 0 N–H and O–H groups in total. The number of carbonyl (C=O) groups excluding carboxylic acids is 1. The molecule has 0 bridgehead atoms. The van der Waals surface area contributed by atoms with Crippen molar-refractivity contribution in [2.75, 3.05) is 13.1 Å². The van der Waals surface area contributed by atoms with E-state index in [0.29, 0.717) is 18.2 Å². The number of benzene rings is 2. The highest BCUT2D eigenvalue weighted by Gasteiger charge is 2.30. The number of para-hydroxylation sites is 1. The minimum atomic E-state index is -0.500. The largest absolute Gasteiger partial charge is 0.481 e. The van der Waals surface area contributed by atoms with E-state index in [9.17, 15) is 4.79 Å². The first-order valence-electron chi connectivity index (χ1n) is 9.16. The average molecular weight is 445 g/mol. The number of hydrogen-bond acceptors (Lipinski definition) is 4. The van der Waals surface area contributed by atoms with Crippen LogP contribution in [0.5, 0.6) is 5.75 Å². The van der Waals surface area contributed by atoms with Crippen LogP contribution in [0.1, 0.15) is 30.7 Å². The number of likely N-dealkylation sites (tertiary alicyclic amines) is 1. The molecule has 6 heteroatoms. The van der Waals surface area contributed by atoms with Gasteiger partial charge in [-0.05, 0) is 56.2 Å². The van der Waals surface area contributed by atoms with Crippen molar-refractivity contribution >= 4 is 43.4 Å². The number of ether oxygens (including phenoxy) is 1. The van der Waals surface area contributed by atoms with Crippen LogP contribution in [-0.2, 0) is 4.79 Å². The first kappa shape index (κ1) is 18.4. The van der Waals surface area contributed by atoms with Crippen molar-refractivity contribution in [3.8, 4) is 5.75 Å². The zero-order valence-electron chi connectivity index (χ0n) is 15.1. The van der Waals surface area contributed by atoms with Gasteiger partial charge in [-0.1, -0.05) is 28.1 Å². The molecule has 2 aromatic carbocycles. The number of halogens is 1. The van der Waals surface area contributed by atoms with Gasteiger partial charge in [-0.3, -0.25) is 4.79 Å². The summed E-state index contributed by atoms with van der Waals surface area (Å²) < 4.78 is 8.05. The van der Waals surface area contributed by atoms with Crippen molar-refractivity contribution in [2.45, 2.75) is 31.8 Å². The van der Waals surface area contributed by atoms with E-state index in [1.807, 2.05) is 48.2 Å². The molecule has 1 saturated heterocycles. The first-order valence-corrected chi connectivity index (χ1v) is 10.8. The van der Waals surface area contributed by atoms with Crippen molar-refractivity contribution in [2.24, 2.45) is 0 Å². The fraction of sp³-hybridized carbons (Fsp3) is 0.333. The summed E-state index contributed by atoms with van der Waals surface area (Å²) in [5.41, 5.74) is 1.05. The van der Waals surface area contributed by atoms with Gasteiger partial charge in [-0.25, -0.2) is 4.98 Å². The average Bonchev–Trinajstić information content (AvgIpc) is 3.13. The third-order valence-corrected chi connectivity index (χ3v) is 6.59. The van der Waals surface area contributed by atoms with Crippen molar-refractivity contribution < 1.29 is 9.53 Å². The molecule has 3 aromatic rings. The normalized spacial score (nSPS) is 18.4. The highest BCUT2D eigenvalue weighted by molar-refractivity contribution is 9.10. The number of piperidine rings is 1. The molecule has 0 aliphatic carbocycles. The highest BCUT2D eigenvalue weighted by atomic mass is 79.9. The van der Waals surface area contributed by atoms with Gasteiger partial charge in [0.1, 0.15) is 5.75 Å². The maximum atomic E-state index is 12.9. The summed E-state index contributed by atoms with van der Waals surface area (Å²) in [5.74, 6) is 1.06. The second-order valence-corrected chi connectivity index (χ2v) is 8.84. The van der Waals surface area contributed by atoms with Crippen LogP contribution in [-0.4, -0.2) is 35.0 Å². The fourth-order valence-corrected chi connectivity index (χ4v) is 4.83. The van der Waals surface area contributed by atoms with Crippen LogP contribution >= 0.6 is 27.3 Å². The third kappa shape index (κ3) is 4.17. The molecule has 4 nitrogen and oxygen atoms in total. The summed E-state index contributed by atoms with van der Waals surface area (Å²) in [6.07, 6.45) is 1.57. The minimum Gasteiger partial charge on any atom is -0.481 e. The Morgan fingerprint density at radius 3 is 2.81 bits per heavy atom. The molecule has 0 saturated carbocycles. The van der Waals surface area contributed by atoms with Gasteiger partial charge in [0.05, 0.1) is 15.2 Å². The Morgan fingerprint density at radius 1 is 1.26 bits per heavy atom. The van der Waals surface area contributed by atoms with Gasteiger partial charge in [-0.15, -0.1) is 11.3 Å². The van der Waals surface area contributed by atoms with Crippen LogP contribution in [0.25, 0.3) is 10.2 Å². The number of rotatable bonds is 4. The summed E-state index contributed by atoms with van der Waals surface area (Å²) >= 11 is 5.15. The Hall–Kier alpha value is -1.92. The van der Waals surface area contributed by atoms with E-state index in [0.717, 1.165) is 34.4 Å². The lowest BCUT2D eigenvalue weighted by Crippen LogP contribution is -2.45. The second-order valence-electron chi connectivity index (χ2n) is 6.86. The van der Waals surface area contributed by atoms with E-state index in [2.05, 4.69) is 28.1 Å². The quantitative estimate of drug-likeness (QED) is 0.552. The maximum absolute atomic E-state index is 12.9. The van der Waals surface area contributed by atoms with Crippen LogP contribution in [0.2, 0.25) is 0 Å².